The van der Waals surface area contributed by atoms with Crippen LogP contribution in [0.15, 0.2) is 36.5 Å². The Morgan fingerprint density at radius 3 is 2.68 bits per heavy atom. The molecule has 2 N–H and O–H groups in total. The van der Waals surface area contributed by atoms with Gasteiger partial charge in [0.1, 0.15) is 0 Å². The van der Waals surface area contributed by atoms with E-state index in [4.69, 9.17) is 4.74 Å². The average Bonchev–Trinajstić information content (AvgIpc) is 3.65. The number of pyridine rings is 1. The first-order chi connectivity index (χ1) is 16.3. The summed E-state index contributed by atoms with van der Waals surface area (Å²) >= 11 is 0. The largest absolute Gasteiger partial charge is 0.383 e. The SMILES string of the molecule is COC[C@@H]1CN(Cc2cccc(NC(=O)Nc3ccc(C)nc3)c2F)CCN1S(=O)(=O)C1CC1. The lowest BCUT2D eigenvalue weighted by Crippen LogP contribution is -2.57. The molecule has 1 saturated carbocycles. The van der Waals surface area contributed by atoms with E-state index in [-0.39, 0.29) is 23.6 Å². The van der Waals surface area contributed by atoms with Crippen molar-refractivity contribution in [2.45, 2.75) is 37.6 Å². The van der Waals surface area contributed by atoms with Crippen LogP contribution in [-0.4, -0.2) is 73.3 Å². The van der Waals surface area contributed by atoms with Gasteiger partial charge in [-0.05, 0) is 38.0 Å². The van der Waals surface area contributed by atoms with Crippen LogP contribution >= 0.6 is 0 Å². The molecular weight excluding hydrogens is 461 g/mol. The summed E-state index contributed by atoms with van der Waals surface area (Å²) in [6.45, 7) is 3.69. The molecule has 1 aromatic heterocycles. The Hall–Kier alpha value is -2.60. The van der Waals surface area contributed by atoms with E-state index < -0.39 is 21.9 Å². The lowest BCUT2D eigenvalue weighted by molar-refractivity contribution is 0.0657. The van der Waals surface area contributed by atoms with Crippen LogP contribution < -0.4 is 10.6 Å². The molecule has 2 aromatic rings. The quantitative estimate of drug-likeness (QED) is 0.589. The minimum Gasteiger partial charge on any atom is -0.383 e. The Balaban J connectivity index is 1.40. The van der Waals surface area contributed by atoms with Crippen molar-refractivity contribution < 1.29 is 22.3 Å². The standard InChI is InChI=1S/C23H30FN5O4S/c1-16-6-7-18(12-25-16)26-23(30)27-21-5-3-4-17(22(21)24)13-28-10-11-29(19(14-28)15-33-2)34(31,32)20-8-9-20/h3-7,12,19-20H,8-11,13-15H2,1-2H3,(H2,26,27,30)/t19-/m0/s1. The molecule has 2 heterocycles. The van der Waals surface area contributed by atoms with E-state index in [1.54, 1.807) is 35.7 Å². The third-order valence-electron chi connectivity index (χ3n) is 6.03. The highest BCUT2D eigenvalue weighted by molar-refractivity contribution is 7.90. The molecule has 0 radical (unpaired) electrons. The van der Waals surface area contributed by atoms with Gasteiger partial charge in [0.15, 0.2) is 5.82 Å². The number of hydrogen-bond donors (Lipinski definition) is 2. The van der Waals surface area contributed by atoms with Gasteiger partial charge in [-0.15, -0.1) is 0 Å². The number of carbonyl (C=O) groups excluding carboxylic acids is 1. The average molecular weight is 492 g/mol. The van der Waals surface area contributed by atoms with Gasteiger partial charge in [-0.25, -0.2) is 17.6 Å². The molecule has 1 saturated heterocycles. The van der Waals surface area contributed by atoms with E-state index in [9.17, 15) is 13.2 Å². The molecule has 2 amide bonds. The molecule has 1 atom stereocenters. The van der Waals surface area contributed by atoms with Crippen molar-refractivity contribution >= 4 is 27.4 Å². The van der Waals surface area contributed by atoms with Crippen LogP contribution in [0.5, 0.6) is 0 Å². The van der Waals surface area contributed by atoms with Crippen LogP contribution in [-0.2, 0) is 21.3 Å². The molecule has 2 aliphatic rings. The molecule has 34 heavy (non-hydrogen) atoms. The molecule has 1 aliphatic carbocycles. The number of amides is 2. The van der Waals surface area contributed by atoms with E-state index in [0.29, 0.717) is 50.3 Å². The zero-order valence-corrected chi connectivity index (χ0v) is 20.1. The minimum atomic E-state index is -3.32. The Morgan fingerprint density at radius 2 is 2.00 bits per heavy atom. The summed E-state index contributed by atoms with van der Waals surface area (Å²) < 4.78 is 47.6. The molecule has 4 rings (SSSR count). The number of carbonyl (C=O) groups is 1. The normalized spacial score (nSPS) is 19.7. The van der Waals surface area contributed by atoms with E-state index in [2.05, 4.69) is 15.6 Å². The molecule has 11 heteroatoms. The zero-order chi connectivity index (χ0) is 24.3. The Morgan fingerprint density at radius 1 is 1.21 bits per heavy atom. The summed E-state index contributed by atoms with van der Waals surface area (Å²) in [6, 6.07) is 7.45. The van der Waals surface area contributed by atoms with Crippen molar-refractivity contribution in [2.24, 2.45) is 0 Å². The number of nitrogens with one attached hydrogen (secondary N) is 2. The van der Waals surface area contributed by atoms with Gasteiger partial charge in [-0.2, -0.15) is 4.31 Å². The van der Waals surface area contributed by atoms with E-state index in [1.165, 1.54) is 12.3 Å². The fourth-order valence-corrected chi connectivity index (χ4v) is 6.13. The first-order valence-corrected chi connectivity index (χ1v) is 12.8. The highest BCUT2D eigenvalue weighted by atomic mass is 32.2. The first kappa shape index (κ1) is 24.5. The number of piperazine rings is 1. The predicted octanol–water partition coefficient (Wildman–Crippen LogP) is 2.80. The van der Waals surface area contributed by atoms with Crippen LogP contribution in [0.1, 0.15) is 24.1 Å². The van der Waals surface area contributed by atoms with Gasteiger partial charge < -0.3 is 15.4 Å². The second-order valence-electron chi connectivity index (χ2n) is 8.75. The van der Waals surface area contributed by atoms with Gasteiger partial charge >= 0.3 is 6.03 Å². The number of benzene rings is 1. The van der Waals surface area contributed by atoms with Gasteiger partial charge in [-0.3, -0.25) is 9.88 Å². The molecule has 1 aromatic carbocycles. The van der Waals surface area contributed by atoms with Crippen molar-refractivity contribution in [3.63, 3.8) is 0 Å². The monoisotopic (exact) mass is 491 g/mol. The minimum absolute atomic E-state index is 0.0680. The number of urea groups is 1. The lowest BCUT2D eigenvalue weighted by Gasteiger charge is -2.40. The molecule has 0 bridgehead atoms. The maximum atomic E-state index is 15.2. The summed E-state index contributed by atoms with van der Waals surface area (Å²) in [5.41, 5.74) is 1.81. The highest BCUT2D eigenvalue weighted by Gasteiger charge is 2.44. The number of halogens is 1. The summed E-state index contributed by atoms with van der Waals surface area (Å²) in [6.07, 6.45) is 2.95. The molecule has 0 unspecified atom stereocenters. The number of sulfonamides is 1. The van der Waals surface area contributed by atoms with Crippen molar-refractivity contribution in [1.82, 2.24) is 14.2 Å². The second-order valence-corrected chi connectivity index (χ2v) is 10.9. The van der Waals surface area contributed by atoms with Crippen LogP contribution in [0.4, 0.5) is 20.6 Å². The fraction of sp³-hybridized carbons (Fsp3) is 0.478. The van der Waals surface area contributed by atoms with Gasteiger partial charge in [0.25, 0.3) is 0 Å². The number of methoxy groups -OCH3 is 1. The third kappa shape index (κ3) is 5.72. The molecule has 2 fully saturated rings. The van der Waals surface area contributed by atoms with Gasteiger partial charge in [-0.1, -0.05) is 12.1 Å². The lowest BCUT2D eigenvalue weighted by atomic mass is 10.1. The smallest absolute Gasteiger partial charge is 0.323 e. The number of aryl methyl sites for hydroxylation is 1. The molecule has 1 aliphatic heterocycles. The highest BCUT2D eigenvalue weighted by Crippen LogP contribution is 2.33. The first-order valence-electron chi connectivity index (χ1n) is 11.3. The maximum Gasteiger partial charge on any atom is 0.323 e. The summed E-state index contributed by atoms with van der Waals surface area (Å²) in [5, 5.41) is 4.90. The predicted molar refractivity (Wildman–Crippen MR) is 128 cm³/mol. The topological polar surface area (TPSA) is 104 Å². The second kappa shape index (κ2) is 10.3. The summed E-state index contributed by atoms with van der Waals surface area (Å²) in [4.78, 5) is 18.5. The Labute approximate surface area is 199 Å². The maximum absolute atomic E-state index is 15.2. The third-order valence-corrected chi connectivity index (χ3v) is 8.48. The van der Waals surface area contributed by atoms with Gasteiger partial charge in [0.05, 0.1) is 35.5 Å². The molecular formula is C23H30FN5O4S. The van der Waals surface area contributed by atoms with Crippen molar-refractivity contribution in [3.8, 4) is 0 Å². The number of aromatic nitrogens is 1. The Bertz CT molecular complexity index is 1120. The number of ether oxygens (including phenoxy) is 1. The van der Waals surface area contributed by atoms with E-state index in [1.807, 2.05) is 11.8 Å². The zero-order valence-electron chi connectivity index (χ0n) is 19.3. The van der Waals surface area contributed by atoms with Crippen molar-refractivity contribution in [2.75, 3.05) is 44.0 Å². The molecule has 0 spiro atoms. The summed E-state index contributed by atoms with van der Waals surface area (Å²) in [5.74, 6) is -0.518. The summed E-state index contributed by atoms with van der Waals surface area (Å²) in [7, 11) is -1.77. The number of hydrogen-bond acceptors (Lipinski definition) is 6. The molecule has 9 nitrogen and oxygen atoms in total. The van der Waals surface area contributed by atoms with Crippen LogP contribution in [0.2, 0.25) is 0 Å². The van der Waals surface area contributed by atoms with Gasteiger partial charge in [0, 0.05) is 44.5 Å². The van der Waals surface area contributed by atoms with Gasteiger partial charge in [0.2, 0.25) is 10.0 Å². The fourth-order valence-electron chi connectivity index (χ4n) is 4.13. The number of rotatable bonds is 8. The van der Waals surface area contributed by atoms with Crippen LogP contribution in [0, 0.1) is 12.7 Å². The van der Waals surface area contributed by atoms with E-state index >= 15 is 4.39 Å². The van der Waals surface area contributed by atoms with E-state index in [0.717, 1.165) is 5.69 Å². The number of anilines is 2. The van der Waals surface area contributed by atoms with Crippen molar-refractivity contribution in [3.05, 3.63) is 53.6 Å². The Kier molecular flexibility index (Phi) is 7.46. The van der Waals surface area contributed by atoms with Crippen LogP contribution in [0.3, 0.4) is 0 Å². The number of nitrogens with zero attached hydrogens (tertiary/aromatic N) is 3. The molecule has 184 valence electrons. The van der Waals surface area contributed by atoms with Crippen LogP contribution in [0.25, 0.3) is 0 Å². The van der Waals surface area contributed by atoms with Crippen molar-refractivity contribution in [1.29, 1.82) is 0 Å².